The van der Waals surface area contributed by atoms with Gasteiger partial charge in [0.1, 0.15) is 6.10 Å². The lowest BCUT2D eigenvalue weighted by Gasteiger charge is -2.21. The largest absolute Gasteiger partial charge is 0.381 e. The number of para-hydroxylation sites is 1. The molecule has 3 N–H and O–H groups in total. The van der Waals surface area contributed by atoms with Gasteiger partial charge in [0.05, 0.1) is 10.9 Å². The van der Waals surface area contributed by atoms with E-state index >= 15 is 0 Å². The Morgan fingerprint density at radius 2 is 1.80 bits per heavy atom. The van der Waals surface area contributed by atoms with Gasteiger partial charge in [-0.05, 0) is 54.4 Å². The summed E-state index contributed by atoms with van der Waals surface area (Å²) in [6, 6.07) is 24.7. The summed E-state index contributed by atoms with van der Waals surface area (Å²) in [7, 11) is 0. The van der Waals surface area contributed by atoms with Crippen molar-refractivity contribution in [2.45, 2.75) is 35.9 Å². The molecule has 3 unspecified atom stereocenters. The van der Waals surface area contributed by atoms with E-state index in [0.29, 0.717) is 0 Å². The van der Waals surface area contributed by atoms with Gasteiger partial charge in [-0.2, -0.15) is 0 Å². The normalized spacial score (nSPS) is 22.0. The Bertz CT molecular complexity index is 1060. The molecule has 30 heavy (non-hydrogen) atoms. The van der Waals surface area contributed by atoms with Gasteiger partial charge in [0.25, 0.3) is 0 Å². The van der Waals surface area contributed by atoms with Crippen LogP contribution in [0.3, 0.4) is 0 Å². The first-order chi connectivity index (χ1) is 14.7. The summed E-state index contributed by atoms with van der Waals surface area (Å²) in [4.78, 5) is 13.0. The van der Waals surface area contributed by atoms with Crippen molar-refractivity contribution in [1.82, 2.24) is 0 Å². The minimum Gasteiger partial charge on any atom is -0.381 e. The molecule has 0 spiro atoms. The van der Waals surface area contributed by atoms with Crippen LogP contribution in [0.1, 0.15) is 24.2 Å². The average molecular weight is 418 g/mol. The number of hydrogen-bond acceptors (Lipinski definition) is 5. The van der Waals surface area contributed by atoms with Crippen molar-refractivity contribution in [3.8, 4) is 0 Å². The number of carbonyl (C=O) groups is 1. The number of thioether (sulfide) groups is 1. The lowest BCUT2D eigenvalue weighted by Crippen LogP contribution is -2.26. The van der Waals surface area contributed by atoms with Crippen molar-refractivity contribution in [1.29, 1.82) is 0 Å². The molecule has 3 aromatic carbocycles. The number of epoxide rings is 1. The van der Waals surface area contributed by atoms with Crippen molar-refractivity contribution in [3.63, 3.8) is 0 Å². The van der Waals surface area contributed by atoms with Crippen LogP contribution in [0.2, 0.25) is 0 Å². The second-order valence-electron chi connectivity index (χ2n) is 7.54. The summed E-state index contributed by atoms with van der Waals surface area (Å²) in [6.45, 7) is 2.70. The first-order valence-corrected chi connectivity index (χ1v) is 10.9. The van der Waals surface area contributed by atoms with E-state index in [1.807, 2.05) is 31.2 Å². The van der Waals surface area contributed by atoms with Crippen LogP contribution in [-0.4, -0.2) is 17.4 Å². The smallest absolute Gasteiger partial charge is 0.237 e. The highest BCUT2D eigenvalue weighted by Crippen LogP contribution is 2.43. The molecule has 5 rings (SSSR count). The summed E-state index contributed by atoms with van der Waals surface area (Å²) in [5, 5.41) is 9.77. The fourth-order valence-corrected chi connectivity index (χ4v) is 4.45. The predicted octanol–water partition coefficient (Wildman–Crippen LogP) is 5.24. The van der Waals surface area contributed by atoms with Gasteiger partial charge >= 0.3 is 0 Å². The van der Waals surface area contributed by atoms with Gasteiger partial charge in [0, 0.05) is 22.8 Å². The number of rotatable bonds is 6. The Kier molecular flexibility index (Phi) is 5.11. The quantitative estimate of drug-likeness (QED) is 0.479. The zero-order valence-corrected chi connectivity index (χ0v) is 17.4. The van der Waals surface area contributed by atoms with Gasteiger partial charge in [-0.1, -0.05) is 36.4 Å². The molecular formula is C24H23N3O2S. The third-order valence-electron chi connectivity index (χ3n) is 5.29. The molecule has 6 heteroatoms. The summed E-state index contributed by atoms with van der Waals surface area (Å²) in [5.74, 6) is 0.0536. The fourth-order valence-electron chi connectivity index (χ4n) is 3.52. The number of fused-ring (bicyclic) bond motifs is 1. The first kappa shape index (κ1) is 19.0. The second-order valence-corrected chi connectivity index (χ2v) is 8.93. The molecular weight excluding hydrogens is 394 g/mol. The third kappa shape index (κ3) is 4.15. The van der Waals surface area contributed by atoms with Crippen molar-refractivity contribution in [3.05, 3.63) is 83.9 Å². The van der Waals surface area contributed by atoms with E-state index in [0.717, 1.165) is 34.1 Å². The van der Waals surface area contributed by atoms with Gasteiger partial charge in [-0.15, -0.1) is 11.8 Å². The predicted molar refractivity (Wildman–Crippen MR) is 122 cm³/mol. The van der Waals surface area contributed by atoms with E-state index in [4.69, 9.17) is 4.74 Å². The average Bonchev–Trinajstić information content (AvgIpc) is 3.53. The number of ether oxygens (including phenoxy) is 1. The van der Waals surface area contributed by atoms with Crippen LogP contribution in [-0.2, 0) is 16.1 Å². The van der Waals surface area contributed by atoms with Crippen LogP contribution in [0.25, 0.3) is 0 Å². The van der Waals surface area contributed by atoms with Crippen molar-refractivity contribution in [2.75, 3.05) is 16.0 Å². The molecule has 0 saturated carbocycles. The monoisotopic (exact) mass is 417 g/mol. The molecule has 2 heterocycles. The number of benzene rings is 3. The van der Waals surface area contributed by atoms with Gasteiger partial charge < -0.3 is 20.7 Å². The van der Waals surface area contributed by atoms with Crippen LogP contribution in [0.15, 0.2) is 77.7 Å². The van der Waals surface area contributed by atoms with E-state index in [-0.39, 0.29) is 23.5 Å². The molecule has 1 amide bonds. The standard InChI is InChI=1S/C24H23N3O2S/c1-15-23(28)27-20-13-17(9-12-21(20)30-15)22-24(29-22)26-19-10-7-16(8-11-19)14-25-18-5-3-2-4-6-18/h2-13,15,22,24-26H,14H2,1H3,(H,27,28). The third-order valence-corrected chi connectivity index (χ3v) is 6.47. The molecule has 0 aromatic heterocycles. The van der Waals surface area contributed by atoms with Gasteiger partial charge in [-0.3, -0.25) is 4.79 Å². The molecule has 0 bridgehead atoms. The van der Waals surface area contributed by atoms with E-state index in [2.05, 4.69) is 64.5 Å². The first-order valence-electron chi connectivity index (χ1n) is 10.1. The maximum absolute atomic E-state index is 11.9. The SMILES string of the molecule is CC1Sc2ccc(C3OC3Nc3ccc(CNc4ccccc4)cc3)cc2NC1=O. The number of amides is 1. The molecule has 3 atom stereocenters. The highest BCUT2D eigenvalue weighted by molar-refractivity contribution is 8.00. The Hall–Kier alpha value is -2.96. The van der Waals surface area contributed by atoms with E-state index in [9.17, 15) is 4.79 Å². The highest BCUT2D eigenvalue weighted by atomic mass is 32.2. The summed E-state index contributed by atoms with van der Waals surface area (Å²) in [5.41, 5.74) is 5.31. The van der Waals surface area contributed by atoms with E-state index < -0.39 is 0 Å². The zero-order chi connectivity index (χ0) is 20.5. The Morgan fingerprint density at radius 1 is 1.00 bits per heavy atom. The topological polar surface area (TPSA) is 65.7 Å². The molecule has 152 valence electrons. The summed E-state index contributed by atoms with van der Waals surface area (Å²) in [6.07, 6.45) is -0.0572. The van der Waals surface area contributed by atoms with Gasteiger partial charge in [0.2, 0.25) is 5.91 Å². The lowest BCUT2D eigenvalue weighted by atomic mass is 10.1. The summed E-state index contributed by atoms with van der Waals surface area (Å²) < 4.78 is 5.84. The molecule has 0 radical (unpaired) electrons. The molecule has 2 aliphatic heterocycles. The van der Waals surface area contributed by atoms with Crippen molar-refractivity contribution < 1.29 is 9.53 Å². The van der Waals surface area contributed by atoms with Crippen LogP contribution >= 0.6 is 11.8 Å². The minimum absolute atomic E-state index is 0.00373. The number of carbonyl (C=O) groups excluding carboxylic acids is 1. The molecule has 0 aliphatic carbocycles. The van der Waals surface area contributed by atoms with Crippen LogP contribution in [0, 0.1) is 0 Å². The maximum atomic E-state index is 11.9. The van der Waals surface area contributed by atoms with Gasteiger partial charge in [0.15, 0.2) is 6.23 Å². The Morgan fingerprint density at radius 3 is 2.60 bits per heavy atom. The lowest BCUT2D eigenvalue weighted by molar-refractivity contribution is -0.115. The van der Waals surface area contributed by atoms with E-state index in [1.54, 1.807) is 11.8 Å². The van der Waals surface area contributed by atoms with Crippen LogP contribution in [0.4, 0.5) is 17.1 Å². The van der Waals surface area contributed by atoms with Crippen molar-refractivity contribution in [2.24, 2.45) is 0 Å². The Balaban J connectivity index is 1.17. The minimum atomic E-state index is -0.0548. The zero-order valence-electron chi connectivity index (χ0n) is 16.6. The second kappa shape index (κ2) is 8.05. The molecule has 2 aliphatic rings. The molecule has 3 aromatic rings. The number of nitrogens with one attached hydrogen (secondary N) is 3. The number of hydrogen-bond donors (Lipinski definition) is 3. The van der Waals surface area contributed by atoms with Crippen LogP contribution in [0.5, 0.6) is 0 Å². The molecule has 1 fully saturated rings. The number of anilines is 3. The highest BCUT2D eigenvalue weighted by Gasteiger charge is 2.41. The van der Waals surface area contributed by atoms with Gasteiger partial charge in [-0.25, -0.2) is 0 Å². The Labute approximate surface area is 180 Å². The maximum Gasteiger partial charge on any atom is 0.237 e. The fraction of sp³-hybridized carbons (Fsp3) is 0.208. The van der Waals surface area contributed by atoms with Crippen molar-refractivity contribution >= 4 is 34.7 Å². The molecule has 1 saturated heterocycles. The molecule has 5 nitrogen and oxygen atoms in total. The van der Waals surface area contributed by atoms with Crippen LogP contribution < -0.4 is 16.0 Å². The van der Waals surface area contributed by atoms with E-state index in [1.165, 1.54) is 5.56 Å². The summed E-state index contributed by atoms with van der Waals surface area (Å²) >= 11 is 1.59.